The van der Waals surface area contributed by atoms with E-state index in [0.29, 0.717) is 25.1 Å². The molecule has 2 aliphatic carbocycles. The topological polar surface area (TPSA) is 42.9 Å². The average molecular weight is 351 g/mol. The van der Waals surface area contributed by atoms with E-state index in [4.69, 9.17) is 14.5 Å². The third-order valence-corrected chi connectivity index (χ3v) is 5.58. The number of benzene rings is 1. The molecule has 4 aliphatic rings. The predicted octanol–water partition coefficient (Wildman–Crippen LogP) is 3.69. The zero-order valence-corrected chi connectivity index (χ0v) is 15.1. The lowest BCUT2D eigenvalue weighted by atomic mass is 9.68. The van der Waals surface area contributed by atoms with Crippen LogP contribution in [0, 0.1) is 17.8 Å². The van der Waals surface area contributed by atoms with Crippen molar-refractivity contribution in [3.63, 3.8) is 0 Å². The van der Waals surface area contributed by atoms with Crippen molar-refractivity contribution in [1.29, 1.82) is 0 Å². The van der Waals surface area contributed by atoms with Gasteiger partial charge in [-0.2, -0.15) is 0 Å². The second-order valence-electron chi connectivity index (χ2n) is 7.22. The zero-order chi connectivity index (χ0) is 15.6. The Morgan fingerprint density at radius 2 is 1.75 bits per heavy atom. The Balaban J connectivity index is 0.00000169. The first-order chi connectivity index (χ1) is 11.3. The van der Waals surface area contributed by atoms with E-state index in [2.05, 4.69) is 5.32 Å². The number of amidine groups is 1. The van der Waals surface area contributed by atoms with Gasteiger partial charge in [0.15, 0.2) is 11.5 Å². The molecule has 0 amide bonds. The fourth-order valence-corrected chi connectivity index (χ4v) is 4.75. The van der Waals surface area contributed by atoms with Gasteiger partial charge >= 0.3 is 0 Å². The lowest BCUT2D eigenvalue weighted by molar-refractivity contribution is 0.162. The van der Waals surface area contributed by atoms with Crippen LogP contribution in [0.5, 0.6) is 11.5 Å². The van der Waals surface area contributed by atoms with Gasteiger partial charge in [-0.15, -0.1) is 12.4 Å². The molecule has 2 aliphatic heterocycles. The first-order valence-electron chi connectivity index (χ1n) is 8.88. The molecule has 1 aromatic carbocycles. The molecule has 1 N–H and O–H groups in total. The van der Waals surface area contributed by atoms with Crippen LogP contribution in [0.15, 0.2) is 29.3 Å². The van der Waals surface area contributed by atoms with Crippen LogP contribution in [0.25, 0.3) is 0 Å². The van der Waals surface area contributed by atoms with Gasteiger partial charge in [0.25, 0.3) is 0 Å². The number of nitrogens with one attached hydrogen (secondary N) is 1. The molecule has 2 saturated carbocycles. The summed E-state index contributed by atoms with van der Waals surface area (Å²) in [6.45, 7) is 1.30. The SMILES string of the molecule is COc1ccccc1OCCN=C1NC2CC3CC(C2)CC1C3.Cl. The molecular weight excluding hydrogens is 324 g/mol. The number of ether oxygens (including phenoxy) is 2. The van der Waals surface area contributed by atoms with Gasteiger partial charge in [-0.1, -0.05) is 12.1 Å². The molecule has 5 heteroatoms. The number of halogens is 1. The van der Waals surface area contributed by atoms with E-state index >= 15 is 0 Å². The summed E-state index contributed by atoms with van der Waals surface area (Å²) in [6.07, 6.45) is 6.84. The third kappa shape index (κ3) is 3.64. The molecule has 2 heterocycles. The first kappa shape index (κ1) is 17.4. The maximum Gasteiger partial charge on any atom is 0.161 e. The van der Waals surface area contributed by atoms with Crippen molar-refractivity contribution in [1.82, 2.24) is 5.32 Å². The molecule has 0 aromatic heterocycles. The Kier molecular flexibility index (Phi) is 5.54. The third-order valence-electron chi connectivity index (χ3n) is 5.58. The summed E-state index contributed by atoms with van der Waals surface area (Å²) < 4.78 is 11.1. The van der Waals surface area contributed by atoms with Gasteiger partial charge in [-0.05, 0) is 56.1 Å². The van der Waals surface area contributed by atoms with Crippen molar-refractivity contribution in [2.24, 2.45) is 22.7 Å². The summed E-state index contributed by atoms with van der Waals surface area (Å²) in [5.41, 5.74) is 0. The molecule has 4 nitrogen and oxygen atoms in total. The molecule has 5 rings (SSSR count). The van der Waals surface area contributed by atoms with Crippen molar-refractivity contribution < 1.29 is 9.47 Å². The number of rotatable bonds is 5. The summed E-state index contributed by atoms with van der Waals surface area (Å²) in [7, 11) is 1.67. The van der Waals surface area contributed by atoms with E-state index in [1.54, 1.807) is 7.11 Å². The van der Waals surface area contributed by atoms with Crippen molar-refractivity contribution >= 4 is 18.2 Å². The van der Waals surface area contributed by atoms with Gasteiger partial charge < -0.3 is 14.8 Å². The molecule has 1 aromatic rings. The highest BCUT2D eigenvalue weighted by molar-refractivity contribution is 5.86. The quantitative estimate of drug-likeness (QED) is 0.823. The molecule has 24 heavy (non-hydrogen) atoms. The van der Waals surface area contributed by atoms with Crippen molar-refractivity contribution in [2.75, 3.05) is 20.3 Å². The number of aliphatic imine (C=N–C) groups is 1. The Bertz CT molecular complexity index is 578. The fraction of sp³-hybridized carbons (Fsp3) is 0.632. The van der Waals surface area contributed by atoms with Gasteiger partial charge in [-0.25, -0.2) is 0 Å². The minimum atomic E-state index is 0. The zero-order valence-electron chi connectivity index (χ0n) is 14.2. The van der Waals surface area contributed by atoms with Crippen LogP contribution in [-0.4, -0.2) is 32.1 Å². The summed E-state index contributed by atoms with van der Waals surface area (Å²) in [5.74, 6) is 5.36. The Morgan fingerprint density at radius 3 is 2.46 bits per heavy atom. The molecule has 2 unspecified atom stereocenters. The Labute approximate surface area is 150 Å². The van der Waals surface area contributed by atoms with Crippen LogP contribution in [-0.2, 0) is 0 Å². The molecule has 0 radical (unpaired) electrons. The van der Waals surface area contributed by atoms with E-state index in [1.165, 1.54) is 37.9 Å². The van der Waals surface area contributed by atoms with Gasteiger partial charge in [0.05, 0.1) is 19.5 Å². The monoisotopic (exact) mass is 350 g/mol. The molecular formula is C19H27ClN2O2. The molecule has 2 atom stereocenters. The van der Waals surface area contributed by atoms with E-state index < -0.39 is 0 Å². The molecule has 132 valence electrons. The van der Waals surface area contributed by atoms with E-state index in [1.807, 2.05) is 24.3 Å². The maximum absolute atomic E-state index is 5.83. The highest BCUT2D eigenvalue weighted by Gasteiger charge is 2.41. The highest BCUT2D eigenvalue weighted by Crippen LogP contribution is 2.45. The fourth-order valence-electron chi connectivity index (χ4n) is 4.75. The summed E-state index contributed by atoms with van der Waals surface area (Å²) in [5, 5.41) is 3.73. The van der Waals surface area contributed by atoms with Crippen LogP contribution >= 0.6 is 12.4 Å². The Morgan fingerprint density at radius 1 is 1.04 bits per heavy atom. The number of para-hydroxylation sites is 2. The molecule has 4 bridgehead atoms. The molecule has 4 fully saturated rings. The second kappa shape index (κ2) is 7.64. The van der Waals surface area contributed by atoms with Crippen LogP contribution < -0.4 is 14.8 Å². The first-order valence-corrected chi connectivity index (χ1v) is 8.88. The molecule has 2 saturated heterocycles. The van der Waals surface area contributed by atoms with Crippen molar-refractivity contribution in [3.05, 3.63) is 24.3 Å². The molecule has 0 spiro atoms. The number of hydrogen-bond donors (Lipinski definition) is 1. The average Bonchev–Trinajstić information content (AvgIpc) is 2.75. The van der Waals surface area contributed by atoms with Crippen LogP contribution in [0.1, 0.15) is 32.1 Å². The van der Waals surface area contributed by atoms with Crippen LogP contribution in [0.4, 0.5) is 0 Å². The van der Waals surface area contributed by atoms with Gasteiger partial charge in [0.1, 0.15) is 6.61 Å². The minimum Gasteiger partial charge on any atom is -0.493 e. The van der Waals surface area contributed by atoms with E-state index in [-0.39, 0.29) is 12.4 Å². The number of hydrogen-bond acceptors (Lipinski definition) is 3. The van der Waals surface area contributed by atoms with Crippen LogP contribution in [0.3, 0.4) is 0 Å². The van der Waals surface area contributed by atoms with Crippen LogP contribution in [0.2, 0.25) is 0 Å². The lowest BCUT2D eigenvalue weighted by Crippen LogP contribution is -2.36. The predicted molar refractivity (Wildman–Crippen MR) is 98.5 cm³/mol. The van der Waals surface area contributed by atoms with Gasteiger partial charge in [0.2, 0.25) is 0 Å². The van der Waals surface area contributed by atoms with Gasteiger partial charge in [0, 0.05) is 12.0 Å². The van der Waals surface area contributed by atoms with E-state index in [0.717, 1.165) is 23.3 Å². The summed E-state index contributed by atoms with van der Waals surface area (Å²) >= 11 is 0. The summed E-state index contributed by atoms with van der Waals surface area (Å²) in [6, 6.07) is 8.44. The number of fused-ring (bicyclic) bond motifs is 1. The Hall–Kier alpha value is -1.42. The summed E-state index contributed by atoms with van der Waals surface area (Å²) in [4.78, 5) is 4.85. The largest absolute Gasteiger partial charge is 0.493 e. The number of nitrogens with zero attached hydrogens (tertiary/aromatic N) is 1. The normalized spacial score (nSPS) is 32.0. The van der Waals surface area contributed by atoms with Gasteiger partial charge in [-0.3, -0.25) is 4.99 Å². The highest BCUT2D eigenvalue weighted by atomic mass is 35.5. The maximum atomic E-state index is 5.83. The van der Waals surface area contributed by atoms with Crippen molar-refractivity contribution in [2.45, 2.75) is 38.1 Å². The van der Waals surface area contributed by atoms with Crippen molar-refractivity contribution in [3.8, 4) is 11.5 Å². The minimum absolute atomic E-state index is 0. The number of methoxy groups -OCH3 is 1. The smallest absolute Gasteiger partial charge is 0.161 e. The standard InChI is InChI=1S/C19H26N2O2.ClH/c1-22-17-4-2-3-5-18(17)23-7-6-20-19-15-9-13-8-14(10-15)12-16(11-13)21-19;/h2-5,13-16H,6-12H2,1H3,(H,20,21);1H. The van der Waals surface area contributed by atoms with E-state index in [9.17, 15) is 0 Å². The lowest BCUT2D eigenvalue weighted by Gasteiger charge is -2.37. The second-order valence-corrected chi connectivity index (χ2v) is 7.22.